The molecule has 2 N–H and O–H groups in total. The van der Waals surface area contributed by atoms with Crippen molar-refractivity contribution in [1.29, 1.82) is 0 Å². The lowest BCUT2D eigenvalue weighted by molar-refractivity contribution is -0.122. The van der Waals surface area contributed by atoms with Gasteiger partial charge in [-0.05, 0) is 42.6 Å². The highest BCUT2D eigenvalue weighted by atomic mass is 16.4. The molecule has 0 bridgehead atoms. The van der Waals surface area contributed by atoms with Gasteiger partial charge in [-0.1, -0.05) is 24.3 Å². The maximum Gasteiger partial charge on any atom is 0.335 e. The van der Waals surface area contributed by atoms with E-state index in [0.29, 0.717) is 25.2 Å². The van der Waals surface area contributed by atoms with Crippen LogP contribution >= 0.6 is 0 Å². The lowest BCUT2D eigenvalue weighted by Crippen LogP contribution is -2.35. The standard InChI is InChI=1S/C19H21N3O3/c23-18(21-11-15-5-3-4-9-20-15)13-22-10-8-14(12-22)16-6-1-2-7-17(16)19(24)25/h1-7,9,14H,8,10-13H2,(H,21,23)(H,24,25). The number of carbonyl (C=O) groups is 2. The van der Waals surface area contributed by atoms with Crippen LogP contribution in [0.5, 0.6) is 0 Å². The summed E-state index contributed by atoms with van der Waals surface area (Å²) in [6.45, 7) is 2.22. The van der Waals surface area contributed by atoms with Crippen LogP contribution in [0.1, 0.15) is 34.0 Å². The number of hydrogen-bond donors (Lipinski definition) is 2. The second kappa shape index (κ2) is 7.90. The first-order valence-corrected chi connectivity index (χ1v) is 8.34. The van der Waals surface area contributed by atoms with E-state index in [9.17, 15) is 14.7 Å². The third-order valence-corrected chi connectivity index (χ3v) is 4.46. The van der Waals surface area contributed by atoms with E-state index in [4.69, 9.17) is 0 Å². The molecule has 2 heterocycles. The molecule has 1 amide bonds. The predicted octanol–water partition coefficient (Wildman–Crippen LogP) is 1.89. The van der Waals surface area contributed by atoms with Crippen molar-refractivity contribution in [2.24, 2.45) is 0 Å². The van der Waals surface area contributed by atoms with Gasteiger partial charge in [0.1, 0.15) is 0 Å². The first-order chi connectivity index (χ1) is 12.1. The number of pyridine rings is 1. The molecule has 1 aliphatic rings. The van der Waals surface area contributed by atoms with Crippen molar-refractivity contribution >= 4 is 11.9 Å². The topological polar surface area (TPSA) is 82.5 Å². The Hall–Kier alpha value is -2.73. The zero-order valence-electron chi connectivity index (χ0n) is 13.9. The van der Waals surface area contributed by atoms with Crippen molar-refractivity contribution in [3.63, 3.8) is 0 Å². The SMILES string of the molecule is O=C(CN1CCC(c2ccccc2C(=O)O)C1)NCc1ccccn1. The van der Waals surface area contributed by atoms with Crippen LogP contribution in [0.3, 0.4) is 0 Å². The number of aromatic nitrogens is 1. The fourth-order valence-corrected chi connectivity index (χ4v) is 3.23. The molecule has 1 atom stereocenters. The number of amides is 1. The maximum atomic E-state index is 12.1. The van der Waals surface area contributed by atoms with E-state index in [1.165, 1.54) is 0 Å². The Morgan fingerprint density at radius 1 is 1.20 bits per heavy atom. The molecular weight excluding hydrogens is 318 g/mol. The summed E-state index contributed by atoms with van der Waals surface area (Å²) in [6, 6.07) is 12.7. The van der Waals surface area contributed by atoms with Gasteiger partial charge in [0.25, 0.3) is 0 Å². The molecule has 130 valence electrons. The molecule has 6 heteroatoms. The van der Waals surface area contributed by atoms with Gasteiger partial charge in [0.15, 0.2) is 0 Å². The molecule has 3 rings (SSSR count). The van der Waals surface area contributed by atoms with Gasteiger partial charge in [-0.15, -0.1) is 0 Å². The van der Waals surface area contributed by atoms with Crippen LogP contribution in [0.4, 0.5) is 0 Å². The van der Waals surface area contributed by atoms with Crippen LogP contribution in [0.15, 0.2) is 48.7 Å². The molecule has 25 heavy (non-hydrogen) atoms. The van der Waals surface area contributed by atoms with Crippen molar-refractivity contribution in [2.45, 2.75) is 18.9 Å². The molecule has 1 fully saturated rings. The fraction of sp³-hybridized carbons (Fsp3) is 0.316. The number of carbonyl (C=O) groups excluding carboxylic acids is 1. The first-order valence-electron chi connectivity index (χ1n) is 8.34. The largest absolute Gasteiger partial charge is 0.478 e. The fourth-order valence-electron chi connectivity index (χ4n) is 3.23. The van der Waals surface area contributed by atoms with Gasteiger partial charge in [0, 0.05) is 12.7 Å². The molecule has 1 unspecified atom stereocenters. The third kappa shape index (κ3) is 4.42. The second-order valence-electron chi connectivity index (χ2n) is 6.21. The highest BCUT2D eigenvalue weighted by molar-refractivity contribution is 5.89. The van der Waals surface area contributed by atoms with E-state index in [2.05, 4.69) is 15.2 Å². The molecule has 1 saturated heterocycles. The summed E-state index contributed by atoms with van der Waals surface area (Å²) in [5.74, 6) is -0.795. The molecule has 0 radical (unpaired) electrons. The van der Waals surface area contributed by atoms with Crippen LogP contribution < -0.4 is 5.32 Å². The lowest BCUT2D eigenvalue weighted by Gasteiger charge is -2.17. The summed E-state index contributed by atoms with van der Waals surface area (Å²) in [5, 5.41) is 12.2. The Bertz CT molecular complexity index is 749. The van der Waals surface area contributed by atoms with Gasteiger partial charge in [-0.2, -0.15) is 0 Å². The average Bonchev–Trinajstić information content (AvgIpc) is 3.09. The predicted molar refractivity (Wildman–Crippen MR) is 93.3 cm³/mol. The molecular formula is C19H21N3O3. The van der Waals surface area contributed by atoms with Gasteiger partial charge >= 0.3 is 5.97 Å². The van der Waals surface area contributed by atoms with Crippen LogP contribution in [0.2, 0.25) is 0 Å². The Morgan fingerprint density at radius 2 is 2.00 bits per heavy atom. The zero-order valence-corrected chi connectivity index (χ0v) is 13.9. The molecule has 1 aromatic carbocycles. The summed E-state index contributed by atoms with van der Waals surface area (Å²) in [7, 11) is 0. The monoisotopic (exact) mass is 339 g/mol. The van der Waals surface area contributed by atoms with Crippen molar-refractivity contribution in [2.75, 3.05) is 19.6 Å². The van der Waals surface area contributed by atoms with Gasteiger partial charge in [0.2, 0.25) is 5.91 Å². The molecule has 1 aliphatic heterocycles. The molecule has 1 aromatic heterocycles. The van der Waals surface area contributed by atoms with Crippen molar-refractivity contribution < 1.29 is 14.7 Å². The quantitative estimate of drug-likeness (QED) is 0.840. The number of nitrogens with one attached hydrogen (secondary N) is 1. The van der Waals surface area contributed by atoms with Gasteiger partial charge in [0.05, 0.1) is 24.3 Å². The Labute approximate surface area is 146 Å². The van der Waals surface area contributed by atoms with E-state index in [0.717, 1.165) is 24.2 Å². The summed E-state index contributed by atoms with van der Waals surface area (Å²) in [4.78, 5) is 29.7. The van der Waals surface area contributed by atoms with E-state index < -0.39 is 5.97 Å². The number of hydrogen-bond acceptors (Lipinski definition) is 4. The Kier molecular flexibility index (Phi) is 5.40. The zero-order chi connectivity index (χ0) is 17.6. The first kappa shape index (κ1) is 17.1. The normalized spacial score (nSPS) is 17.4. The minimum absolute atomic E-state index is 0.0437. The van der Waals surface area contributed by atoms with E-state index in [1.807, 2.05) is 30.3 Å². The number of rotatable bonds is 6. The van der Waals surface area contributed by atoms with E-state index in [-0.39, 0.29) is 11.8 Å². The number of benzene rings is 1. The second-order valence-corrected chi connectivity index (χ2v) is 6.21. The van der Waals surface area contributed by atoms with Gasteiger partial charge < -0.3 is 10.4 Å². The summed E-state index contributed by atoms with van der Waals surface area (Å²) in [5.41, 5.74) is 2.03. The van der Waals surface area contributed by atoms with Crippen LogP contribution in [0.25, 0.3) is 0 Å². The van der Waals surface area contributed by atoms with Crippen LogP contribution in [-0.2, 0) is 11.3 Å². The van der Waals surface area contributed by atoms with Crippen LogP contribution in [-0.4, -0.2) is 46.5 Å². The summed E-state index contributed by atoms with van der Waals surface area (Å²) >= 11 is 0. The summed E-state index contributed by atoms with van der Waals surface area (Å²) < 4.78 is 0. The highest BCUT2D eigenvalue weighted by Gasteiger charge is 2.27. The summed E-state index contributed by atoms with van der Waals surface area (Å²) in [6.07, 6.45) is 2.56. The minimum atomic E-state index is -0.901. The van der Waals surface area contributed by atoms with Crippen molar-refractivity contribution in [3.8, 4) is 0 Å². The average molecular weight is 339 g/mol. The molecule has 6 nitrogen and oxygen atoms in total. The number of nitrogens with zero attached hydrogens (tertiary/aromatic N) is 2. The highest BCUT2D eigenvalue weighted by Crippen LogP contribution is 2.29. The lowest BCUT2D eigenvalue weighted by atomic mass is 9.93. The maximum absolute atomic E-state index is 12.1. The number of likely N-dealkylation sites (tertiary alicyclic amines) is 1. The number of carboxylic acid groups (broad SMARTS) is 1. The van der Waals surface area contributed by atoms with Gasteiger partial charge in [-0.3, -0.25) is 14.7 Å². The van der Waals surface area contributed by atoms with E-state index in [1.54, 1.807) is 18.3 Å². The van der Waals surface area contributed by atoms with E-state index >= 15 is 0 Å². The Balaban J connectivity index is 1.53. The van der Waals surface area contributed by atoms with Crippen molar-refractivity contribution in [1.82, 2.24) is 15.2 Å². The minimum Gasteiger partial charge on any atom is -0.478 e. The molecule has 0 spiro atoms. The van der Waals surface area contributed by atoms with Gasteiger partial charge in [-0.25, -0.2) is 4.79 Å². The molecule has 0 aliphatic carbocycles. The Morgan fingerprint density at radius 3 is 2.76 bits per heavy atom. The van der Waals surface area contributed by atoms with Crippen LogP contribution in [0, 0.1) is 0 Å². The number of aromatic carboxylic acids is 1. The molecule has 0 saturated carbocycles. The molecule has 2 aromatic rings. The number of carboxylic acids is 1. The smallest absolute Gasteiger partial charge is 0.335 e. The van der Waals surface area contributed by atoms with Crippen molar-refractivity contribution in [3.05, 3.63) is 65.5 Å². The third-order valence-electron chi connectivity index (χ3n) is 4.46.